The molecule has 1 heterocycles. The number of nitrogens with zero attached hydrogens (tertiary/aromatic N) is 2. The van der Waals surface area contributed by atoms with Gasteiger partial charge in [-0.15, -0.1) is 0 Å². The first-order chi connectivity index (χ1) is 7.94. The second-order valence-corrected chi connectivity index (χ2v) is 4.76. The molecule has 0 aromatic carbocycles. The van der Waals surface area contributed by atoms with Crippen LogP contribution in [0.2, 0.25) is 0 Å². The quantitative estimate of drug-likeness (QED) is 0.814. The van der Waals surface area contributed by atoms with E-state index in [2.05, 4.69) is 36.1 Å². The van der Waals surface area contributed by atoms with Gasteiger partial charge in [0.25, 0.3) is 0 Å². The van der Waals surface area contributed by atoms with Gasteiger partial charge in [-0.25, -0.2) is 9.97 Å². The van der Waals surface area contributed by atoms with Crippen LogP contribution in [0.1, 0.15) is 26.3 Å². The van der Waals surface area contributed by atoms with Crippen molar-refractivity contribution in [3.8, 4) is 5.88 Å². The molecule has 5 heteroatoms. The number of rotatable bonds is 5. The summed E-state index contributed by atoms with van der Waals surface area (Å²) < 4.78 is 5.17. The molecule has 0 aliphatic heterocycles. The molecule has 0 aliphatic rings. The molecule has 96 valence electrons. The van der Waals surface area contributed by atoms with Crippen LogP contribution in [-0.2, 0) is 0 Å². The van der Waals surface area contributed by atoms with Gasteiger partial charge in [-0.2, -0.15) is 0 Å². The number of nitrogens with one attached hydrogen (secondary N) is 1. The van der Waals surface area contributed by atoms with Crippen LogP contribution in [0.5, 0.6) is 5.88 Å². The van der Waals surface area contributed by atoms with E-state index in [1.165, 1.54) is 6.33 Å². The summed E-state index contributed by atoms with van der Waals surface area (Å²) in [6, 6.07) is 0. The highest BCUT2D eigenvalue weighted by Gasteiger charge is 2.27. The fourth-order valence-corrected chi connectivity index (χ4v) is 1.47. The Bertz CT molecular complexity index is 381. The monoisotopic (exact) mass is 238 g/mol. The number of aromatic nitrogens is 2. The molecule has 1 atom stereocenters. The lowest BCUT2D eigenvalue weighted by molar-refractivity contribution is 0.377. The highest BCUT2D eigenvalue weighted by molar-refractivity contribution is 5.49. The Balaban J connectivity index is 3.02. The molecule has 5 nitrogen and oxygen atoms in total. The maximum atomic E-state index is 5.84. The van der Waals surface area contributed by atoms with E-state index in [0.717, 1.165) is 11.4 Å². The predicted octanol–water partition coefficient (Wildman–Crippen LogP) is 1.58. The number of methoxy groups -OCH3 is 1. The summed E-state index contributed by atoms with van der Waals surface area (Å²) in [4.78, 5) is 8.30. The zero-order valence-corrected chi connectivity index (χ0v) is 11.2. The van der Waals surface area contributed by atoms with Crippen molar-refractivity contribution >= 4 is 5.82 Å². The summed E-state index contributed by atoms with van der Waals surface area (Å²) in [7, 11) is 1.60. The molecule has 0 saturated carbocycles. The van der Waals surface area contributed by atoms with Crippen LogP contribution in [0.25, 0.3) is 0 Å². The maximum absolute atomic E-state index is 5.84. The van der Waals surface area contributed by atoms with Crippen molar-refractivity contribution in [1.82, 2.24) is 9.97 Å². The summed E-state index contributed by atoms with van der Waals surface area (Å²) in [6.07, 6.45) is 1.49. The van der Waals surface area contributed by atoms with Crippen LogP contribution in [0, 0.1) is 12.8 Å². The van der Waals surface area contributed by atoms with Crippen LogP contribution < -0.4 is 15.8 Å². The van der Waals surface area contributed by atoms with E-state index in [9.17, 15) is 0 Å². The zero-order chi connectivity index (χ0) is 13.1. The first-order valence-corrected chi connectivity index (χ1v) is 5.78. The van der Waals surface area contributed by atoms with E-state index in [1.54, 1.807) is 7.11 Å². The fourth-order valence-electron chi connectivity index (χ4n) is 1.47. The number of anilines is 1. The van der Waals surface area contributed by atoms with E-state index in [0.29, 0.717) is 18.3 Å². The van der Waals surface area contributed by atoms with Gasteiger partial charge in [0.15, 0.2) is 0 Å². The molecule has 0 saturated heterocycles. The minimum Gasteiger partial charge on any atom is -0.481 e. The lowest BCUT2D eigenvalue weighted by Gasteiger charge is -2.34. The first-order valence-electron chi connectivity index (χ1n) is 5.78. The number of nitrogens with two attached hydrogens (primary N) is 1. The van der Waals surface area contributed by atoms with Gasteiger partial charge in [0.2, 0.25) is 5.88 Å². The predicted molar refractivity (Wildman–Crippen MR) is 69.2 cm³/mol. The molecule has 3 N–H and O–H groups in total. The number of hydrogen-bond donors (Lipinski definition) is 2. The van der Waals surface area contributed by atoms with Crippen molar-refractivity contribution < 1.29 is 4.74 Å². The van der Waals surface area contributed by atoms with Crippen molar-refractivity contribution in [1.29, 1.82) is 0 Å². The topological polar surface area (TPSA) is 73.1 Å². The molecule has 0 radical (unpaired) electrons. The third-order valence-corrected chi connectivity index (χ3v) is 3.33. The molecule has 0 aliphatic carbocycles. The van der Waals surface area contributed by atoms with Crippen LogP contribution >= 0.6 is 0 Å². The van der Waals surface area contributed by atoms with Crippen LogP contribution in [0.3, 0.4) is 0 Å². The Morgan fingerprint density at radius 1 is 1.47 bits per heavy atom. The van der Waals surface area contributed by atoms with Crippen molar-refractivity contribution in [3.63, 3.8) is 0 Å². The molecule has 1 rings (SSSR count). The molecule has 0 spiro atoms. The molecule has 0 bridgehead atoms. The highest BCUT2D eigenvalue weighted by Crippen LogP contribution is 2.26. The average Bonchev–Trinajstić information content (AvgIpc) is 2.31. The van der Waals surface area contributed by atoms with Gasteiger partial charge in [0.05, 0.1) is 18.2 Å². The molecular weight excluding hydrogens is 216 g/mol. The van der Waals surface area contributed by atoms with Crippen LogP contribution in [-0.4, -0.2) is 29.2 Å². The van der Waals surface area contributed by atoms with Gasteiger partial charge < -0.3 is 15.8 Å². The molecule has 17 heavy (non-hydrogen) atoms. The second-order valence-electron chi connectivity index (χ2n) is 4.76. The Kier molecular flexibility index (Phi) is 4.28. The Hall–Kier alpha value is -1.36. The minimum absolute atomic E-state index is 0.190. The molecule has 1 unspecified atom stereocenters. The van der Waals surface area contributed by atoms with E-state index in [-0.39, 0.29) is 5.54 Å². The molecule has 0 fully saturated rings. The average molecular weight is 238 g/mol. The van der Waals surface area contributed by atoms with Gasteiger partial charge in [-0.05, 0) is 19.8 Å². The number of hydrogen-bond acceptors (Lipinski definition) is 5. The largest absolute Gasteiger partial charge is 0.481 e. The van der Waals surface area contributed by atoms with Gasteiger partial charge in [-0.3, -0.25) is 0 Å². The van der Waals surface area contributed by atoms with E-state index >= 15 is 0 Å². The molecule has 1 aromatic heterocycles. The van der Waals surface area contributed by atoms with Gasteiger partial charge >= 0.3 is 0 Å². The third-order valence-electron chi connectivity index (χ3n) is 3.33. The van der Waals surface area contributed by atoms with E-state index in [1.807, 2.05) is 6.92 Å². The first kappa shape index (κ1) is 13.7. The molecular formula is C12H22N4O. The van der Waals surface area contributed by atoms with E-state index < -0.39 is 0 Å². The standard InChI is InChI=1S/C12H22N4O/c1-8(2)12(4,6-13)16-10-9(3)11(17-5)15-7-14-10/h7-8H,6,13H2,1-5H3,(H,14,15,16). The minimum atomic E-state index is -0.190. The van der Waals surface area contributed by atoms with Crippen molar-refractivity contribution in [3.05, 3.63) is 11.9 Å². The normalized spacial score (nSPS) is 14.5. The van der Waals surface area contributed by atoms with Gasteiger partial charge in [0.1, 0.15) is 12.1 Å². The maximum Gasteiger partial charge on any atom is 0.221 e. The van der Waals surface area contributed by atoms with Crippen LogP contribution in [0.15, 0.2) is 6.33 Å². The van der Waals surface area contributed by atoms with Crippen LogP contribution in [0.4, 0.5) is 5.82 Å². The Morgan fingerprint density at radius 3 is 2.59 bits per heavy atom. The zero-order valence-electron chi connectivity index (χ0n) is 11.2. The Morgan fingerprint density at radius 2 is 2.12 bits per heavy atom. The third kappa shape index (κ3) is 2.85. The lowest BCUT2D eigenvalue weighted by atomic mass is 9.88. The van der Waals surface area contributed by atoms with Crippen molar-refractivity contribution in [2.45, 2.75) is 33.2 Å². The summed E-state index contributed by atoms with van der Waals surface area (Å²) in [5, 5.41) is 3.39. The summed E-state index contributed by atoms with van der Waals surface area (Å²) in [5.41, 5.74) is 6.55. The fraction of sp³-hybridized carbons (Fsp3) is 0.667. The van der Waals surface area contributed by atoms with Crippen molar-refractivity contribution in [2.24, 2.45) is 11.7 Å². The second kappa shape index (κ2) is 5.31. The van der Waals surface area contributed by atoms with Gasteiger partial charge in [0, 0.05) is 6.54 Å². The Labute approximate surface area is 103 Å². The van der Waals surface area contributed by atoms with Crippen molar-refractivity contribution in [2.75, 3.05) is 19.0 Å². The molecule has 0 amide bonds. The summed E-state index contributed by atoms with van der Waals surface area (Å²) >= 11 is 0. The SMILES string of the molecule is COc1ncnc(NC(C)(CN)C(C)C)c1C. The summed E-state index contributed by atoms with van der Waals surface area (Å²) in [6.45, 7) is 8.82. The van der Waals surface area contributed by atoms with Gasteiger partial charge in [-0.1, -0.05) is 13.8 Å². The lowest BCUT2D eigenvalue weighted by Crippen LogP contribution is -2.47. The smallest absolute Gasteiger partial charge is 0.221 e. The molecule has 1 aromatic rings. The number of ether oxygens (including phenoxy) is 1. The van der Waals surface area contributed by atoms with E-state index in [4.69, 9.17) is 10.5 Å². The highest BCUT2D eigenvalue weighted by atomic mass is 16.5. The summed E-state index contributed by atoms with van der Waals surface area (Å²) in [5.74, 6) is 1.76.